The summed E-state index contributed by atoms with van der Waals surface area (Å²) >= 11 is 6.14. The van der Waals surface area contributed by atoms with Gasteiger partial charge in [-0.05, 0) is 32.3 Å². The standard InChI is InChI=1S/C21H29ClN6O3/c1-14-11-19(28-9-5-4-6-10-28)27-20(25-14)23-7-8-24-21(29)26-16-12-15(22)17(30-2)13-18(16)31-3/h11-13H,4-10H2,1-3H3,(H,23,25,27)(H2,24,26,29). The van der Waals surface area contributed by atoms with Crippen molar-refractivity contribution >= 4 is 35.1 Å². The normalized spacial score (nSPS) is 13.5. The number of piperidine rings is 1. The van der Waals surface area contributed by atoms with Gasteiger partial charge in [-0.2, -0.15) is 4.98 Å². The molecule has 1 aliphatic heterocycles. The number of aryl methyl sites for hydroxylation is 1. The zero-order valence-corrected chi connectivity index (χ0v) is 18.9. The Morgan fingerprint density at radius 3 is 2.52 bits per heavy atom. The van der Waals surface area contributed by atoms with Crippen molar-refractivity contribution in [3.8, 4) is 11.5 Å². The van der Waals surface area contributed by atoms with Crippen LogP contribution in [-0.2, 0) is 0 Å². The molecule has 1 aromatic carbocycles. The Hall–Kier alpha value is -2.94. The van der Waals surface area contributed by atoms with E-state index < -0.39 is 0 Å². The van der Waals surface area contributed by atoms with Gasteiger partial charge in [-0.25, -0.2) is 9.78 Å². The Labute approximate surface area is 187 Å². The molecule has 1 fully saturated rings. The summed E-state index contributed by atoms with van der Waals surface area (Å²) in [6, 6.07) is 4.84. The van der Waals surface area contributed by atoms with Gasteiger partial charge in [0.2, 0.25) is 5.95 Å². The summed E-state index contributed by atoms with van der Waals surface area (Å²) in [5.74, 6) is 2.43. The van der Waals surface area contributed by atoms with Crippen LogP contribution < -0.4 is 30.3 Å². The fraction of sp³-hybridized carbons (Fsp3) is 0.476. The Balaban J connectivity index is 1.50. The predicted octanol–water partition coefficient (Wildman–Crippen LogP) is 3.68. The molecule has 0 aliphatic carbocycles. The highest BCUT2D eigenvalue weighted by Gasteiger charge is 2.14. The molecule has 0 atom stereocenters. The summed E-state index contributed by atoms with van der Waals surface area (Å²) < 4.78 is 10.4. The van der Waals surface area contributed by atoms with E-state index >= 15 is 0 Å². The number of ether oxygens (including phenoxy) is 2. The number of amides is 2. The highest BCUT2D eigenvalue weighted by molar-refractivity contribution is 6.32. The lowest BCUT2D eigenvalue weighted by molar-refractivity contribution is 0.252. The topological polar surface area (TPSA) is 101 Å². The van der Waals surface area contributed by atoms with Gasteiger partial charge >= 0.3 is 6.03 Å². The van der Waals surface area contributed by atoms with E-state index in [0.717, 1.165) is 24.6 Å². The highest BCUT2D eigenvalue weighted by atomic mass is 35.5. The van der Waals surface area contributed by atoms with Crippen LogP contribution in [0.2, 0.25) is 5.02 Å². The molecule has 0 radical (unpaired) electrons. The first-order valence-electron chi connectivity index (χ1n) is 10.3. The number of benzene rings is 1. The minimum atomic E-state index is -0.375. The molecule has 0 spiro atoms. The second-order valence-corrected chi connectivity index (χ2v) is 7.64. The monoisotopic (exact) mass is 448 g/mol. The third-order valence-electron chi connectivity index (χ3n) is 4.94. The molecule has 2 amide bonds. The molecule has 1 saturated heterocycles. The van der Waals surface area contributed by atoms with E-state index in [2.05, 4.69) is 30.8 Å². The number of carbonyl (C=O) groups is 1. The van der Waals surface area contributed by atoms with Gasteiger partial charge in [-0.1, -0.05) is 11.6 Å². The molecule has 0 unspecified atom stereocenters. The molecular weight excluding hydrogens is 420 g/mol. The van der Waals surface area contributed by atoms with Crippen molar-refractivity contribution in [2.24, 2.45) is 0 Å². The van der Waals surface area contributed by atoms with Crippen LogP contribution in [0.1, 0.15) is 25.0 Å². The number of hydrogen-bond acceptors (Lipinski definition) is 7. The summed E-state index contributed by atoms with van der Waals surface area (Å²) in [7, 11) is 3.02. The van der Waals surface area contributed by atoms with Crippen LogP contribution in [0, 0.1) is 6.92 Å². The Morgan fingerprint density at radius 1 is 1.06 bits per heavy atom. The second kappa shape index (κ2) is 10.9. The minimum Gasteiger partial charge on any atom is -0.495 e. The van der Waals surface area contributed by atoms with Gasteiger partial charge in [0.05, 0.1) is 24.9 Å². The summed E-state index contributed by atoms with van der Waals surface area (Å²) in [4.78, 5) is 23.6. The molecule has 2 aromatic rings. The van der Waals surface area contributed by atoms with Crippen LogP contribution in [0.5, 0.6) is 11.5 Å². The lowest BCUT2D eigenvalue weighted by Gasteiger charge is -2.28. The first-order chi connectivity index (χ1) is 15.0. The van der Waals surface area contributed by atoms with Gasteiger partial charge in [0.15, 0.2) is 0 Å². The van der Waals surface area contributed by atoms with Crippen molar-refractivity contribution in [1.82, 2.24) is 15.3 Å². The second-order valence-electron chi connectivity index (χ2n) is 7.23. The van der Waals surface area contributed by atoms with Gasteiger partial charge in [0, 0.05) is 44.0 Å². The zero-order chi connectivity index (χ0) is 22.2. The molecular formula is C21H29ClN6O3. The van der Waals surface area contributed by atoms with Crippen LogP contribution in [0.4, 0.5) is 22.2 Å². The summed E-state index contributed by atoms with van der Waals surface area (Å²) in [6.07, 6.45) is 3.65. The fourth-order valence-corrected chi connectivity index (χ4v) is 3.63. The molecule has 3 rings (SSSR count). The molecule has 0 saturated carbocycles. The number of halogens is 1. The van der Waals surface area contributed by atoms with Gasteiger partial charge in [0.25, 0.3) is 0 Å². The van der Waals surface area contributed by atoms with Crippen molar-refractivity contribution in [1.29, 1.82) is 0 Å². The predicted molar refractivity (Wildman–Crippen MR) is 123 cm³/mol. The van der Waals surface area contributed by atoms with Crippen molar-refractivity contribution < 1.29 is 14.3 Å². The van der Waals surface area contributed by atoms with Crippen LogP contribution in [0.15, 0.2) is 18.2 Å². The Kier molecular flexibility index (Phi) is 8.00. The maximum absolute atomic E-state index is 12.3. The number of nitrogens with one attached hydrogen (secondary N) is 3. The average Bonchev–Trinajstić information content (AvgIpc) is 2.77. The van der Waals surface area contributed by atoms with E-state index in [9.17, 15) is 4.79 Å². The first-order valence-corrected chi connectivity index (χ1v) is 10.7. The van der Waals surface area contributed by atoms with Gasteiger partial charge in [-0.3, -0.25) is 0 Å². The van der Waals surface area contributed by atoms with E-state index in [0.29, 0.717) is 41.2 Å². The number of anilines is 3. The van der Waals surface area contributed by atoms with Crippen LogP contribution >= 0.6 is 11.6 Å². The first kappa shape index (κ1) is 22.7. The molecule has 3 N–H and O–H groups in total. The Morgan fingerprint density at radius 2 is 1.81 bits per heavy atom. The summed E-state index contributed by atoms with van der Waals surface area (Å²) in [6.45, 7) is 4.87. The number of nitrogens with zero attached hydrogens (tertiary/aromatic N) is 3. The number of carbonyl (C=O) groups excluding carboxylic acids is 1. The number of hydrogen-bond donors (Lipinski definition) is 3. The molecule has 31 heavy (non-hydrogen) atoms. The van der Waals surface area contributed by atoms with Crippen molar-refractivity contribution in [2.75, 3.05) is 55.9 Å². The number of aromatic nitrogens is 2. The number of urea groups is 1. The molecule has 0 bridgehead atoms. The smallest absolute Gasteiger partial charge is 0.319 e. The zero-order valence-electron chi connectivity index (χ0n) is 18.1. The molecule has 1 aliphatic rings. The third kappa shape index (κ3) is 6.27. The number of methoxy groups -OCH3 is 2. The quantitative estimate of drug-likeness (QED) is 0.529. The van der Waals surface area contributed by atoms with E-state index in [4.69, 9.17) is 21.1 Å². The maximum Gasteiger partial charge on any atom is 0.319 e. The molecule has 10 heteroatoms. The van der Waals surface area contributed by atoms with E-state index in [-0.39, 0.29) is 6.03 Å². The molecule has 1 aromatic heterocycles. The van der Waals surface area contributed by atoms with Crippen molar-refractivity contribution in [2.45, 2.75) is 26.2 Å². The largest absolute Gasteiger partial charge is 0.495 e. The van der Waals surface area contributed by atoms with E-state index in [1.807, 2.05) is 13.0 Å². The average molecular weight is 449 g/mol. The van der Waals surface area contributed by atoms with E-state index in [1.165, 1.54) is 33.5 Å². The summed E-state index contributed by atoms with van der Waals surface area (Å²) in [5, 5.41) is 9.07. The molecule has 9 nitrogen and oxygen atoms in total. The van der Waals surface area contributed by atoms with Crippen molar-refractivity contribution in [3.05, 3.63) is 28.9 Å². The van der Waals surface area contributed by atoms with Crippen LogP contribution in [-0.4, -0.2) is 56.4 Å². The third-order valence-corrected chi connectivity index (χ3v) is 5.23. The Bertz CT molecular complexity index is 905. The fourth-order valence-electron chi connectivity index (χ4n) is 3.39. The summed E-state index contributed by atoms with van der Waals surface area (Å²) in [5.41, 5.74) is 1.36. The van der Waals surface area contributed by atoms with Gasteiger partial charge in [-0.15, -0.1) is 0 Å². The van der Waals surface area contributed by atoms with E-state index in [1.54, 1.807) is 12.1 Å². The lowest BCUT2D eigenvalue weighted by atomic mass is 10.1. The van der Waals surface area contributed by atoms with Crippen LogP contribution in [0.3, 0.4) is 0 Å². The van der Waals surface area contributed by atoms with Gasteiger partial charge < -0.3 is 30.3 Å². The van der Waals surface area contributed by atoms with Gasteiger partial charge in [0.1, 0.15) is 17.3 Å². The van der Waals surface area contributed by atoms with Crippen LogP contribution in [0.25, 0.3) is 0 Å². The minimum absolute atomic E-state index is 0.375. The number of rotatable bonds is 8. The lowest BCUT2D eigenvalue weighted by Crippen LogP contribution is -2.33. The maximum atomic E-state index is 12.3. The highest BCUT2D eigenvalue weighted by Crippen LogP contribution is 2.35. The SMILES string of the molecule is COc1cc(OC)c(NC(=O)NCCNc2nc(C)cc(N3CCCCC3)n2)cc1Cl. The molecule has 168 valence electrons. The van der Waals surface area contributed by atoms with Crippen molar-refractivity contribution in [3.63, 3.8) is 0 Å². The molecule has 2 heterocycles.